The highest BCUT2D eigenvalue weighted by atomic mass is 19.4. The summed E-state index contributed by atoms with van der Waals surface area (Å²) in [6, 6.07) is 8.48. The smallest absolute Gasteiger partial charge is 0.435 e. The summed E-state index contributed by atoms with van der Waals surface area (Å²) in [6.07, 6.45) is -3.35. The van der Waals surface area contributed by atoms with Crippen molar-refractivity contribution in [1.82, 2.24) is 20.4 Å². The van der Waals surface area contributed by atoms with Crippen LogP contribution in [0.15, 0.2) is 47.2 Å². The van der Waals surface area contributed by atoms with Crippen molar-refractivity contribution in [2.24, 2.45) is 0 Å². The van der Waals surface area contributed by atoms with Crippen molar-refractivity contribution in [3.05, 3.63) is 48.5 Å². The fraction of sp³-hybridized carbons (Fsp3) is 0.0769. The molecule has 6 nitrogen and oxygen atoms in total. The van der Waals surface area contributed by atoms with Gasteiger partial charge in [0.25, 0.3) is 0 Å². The Hall–Kier alpha value is -2.97. The molecule has 0 saturated carbocycles. The van der Waals surface area contributed by atoms with E-state index >= 15 is 0 Å². The lowest BCUT2D eigenvalue weighted by atomic mass is 10.2. The van der Waals surface area contributed by atoms with Gasteiger partial charge in [0.1, 0.15) is 5.75 Å². The Kier molecular flexibility index (Phi) is 3.45. The van der Waals surface area contributed by atoms with Crippen LogP contribution in [0.4, 0.5) is 13.2 Å². The first-order valence-electron chi connectivity index (χ1n) is 5.98. The molecular formula is C13H7F3N4O2. The minimum Gasteiger partial charge on any atom is -0.438 e. The largest absolute Gasteiger partial charge is 0.438 e. The molecule has 2 heterocycles. The van der Waals surface area contributed by atoms with E-state index in [2.05, 4.69) is 20.4 Å². The maximum atomic E-state index is 12.4. The van der Waals surface area contributed by atoms with Crippen molar-refractivity contribution in [1.29, 1.82) is 0 Å². The van der Waals surface area contributed by atoms with E-state index in [9.17, 15) is 13.2 Å². The van der Waals surface area contributed by atoms with Gasteiger partial charge in [-0.15, -0.1) is 20.4 Å². The van der Waals surface area contributed by atoms with Gasteiger partial charge in [0.15, 0.2) is 5.69 Å². The van der Waals surface area contributed by atoms with Crippen LogP contribution in [-0.2, 0) is 6.18 Å². The van der Waals surface area contributed by atoms with E-state index in [4.69, 9.17) is 9.15 Å². The van der Waals surface area contributed by atoms with Crippen LogP contribution in [0.25, 0.3) is 11.5 Å². The highest BCUT2D eigenvalue weighted by Gasteiger charge is 2.32. The second-order valence-corrected chi connectivity index (χ2v) is 4.13. The molecule has 112 valence electrons. The molecule has 0 spiro atoms. The predicted molar refractivity (Wildman–Crippen MR) is 66.8 cm³/mol. The fourth-order valence-corrected chi connectivity index (χ4v) is 1.64. The second-order valence-electron chi connectivity index (χ2n) is 4.13. The highest BCUT2D eigenvalue weighted by Crippen LogP contribution is 2.29. The zero-order chi connectivity index (χ0) is 15.6. The number of benzene rings is 1. The summed E-state index contributed by atoms with van der Waals surface area (Å²) in [6.45, 7) is 0. The molecule has 0 atom stereocenters. The Morgan fingerprint density at radius 1 is 1.00 bits per heavy atom. The number of halogens is 3. The SMILES string of the molecule is FC(F)(F)c1ccc(Oc2cccc(-c3nnco3)c2)nn1. The monoisotopic (exact) mass is 308 g/mol. The molecule has 3 rings (SSSR count). The van der Waals surface area contributed by atoms with Crippen molar-refractivity contribution in [2.75, 3.05) is 0 Å². The van der Waals surface area contributed by atoms with Crippen molar-refractivity contribution in [3.63, 3.8) is 0 Å². The van der Waals surface area contributed by atoms with E-state index < -0.39 is 11.9 Å². The third-order valence-electron chi connectivity index (χ3n) is 2.59. The first-order chi connectivity index (χ1) is 10.5. The van der Waals surface area contributed by atoms with Gasteiger partial charge in [-0.3, -0.25) is 0 Å². The molecular weight excluding hydrogens is 301 g/mol. The Morgan fingerprint density at radius 2 is 1.86 bits per heavy atom. The average Bonchev–Trinajstić information content (AvgIpc) is 3.01. The molecule has 0 aliphatic carbocycles. The van der Waals surface area contributed by atoms with Crippen LogP contribution in [0.5, 0.6) is 11.6 Å². The molecule has 9 heteroatoms. The topological polar surface area (TPSA) is 73.9 Å². The molecule has 0 amide bonds. The van der Waals surface area contributed by atoms with Gasteiger partial charge < -0.3 is 9.15 Å². The second kappa shape index (κ2) is 5.43. The van der Waals surface area contributed by atoms with Crippen molar-refractivity contribution in [2.45, 2.75) is 6.18 Å². The molecule has 2 aromatic heterocycles. The summed E-state index contributed by atoms with van der Waals surface area (Å²) in [5, 5.41) is 13.8. The summed E-state index contributed by atoms with van der Waals surface area (Å²) in [7, 11) is 0. The van der Waals surface area contributed by atoms with Gasteiger partial charge in [0.2, 0.25) is 18.2 Å². The van der Waals surface area contributed by atoms with Crippen molar-refractivity contribution >= 4 is 0 Å². The molecule has 0 N–H and O–H groups in total. The van der Waals surface area contributed by atoms with Gasteiger partial charge in [-0.2, -0.15) is 13.2 Å². The molecule has 3 aromatic rings. The van der Waals surface area contributed by atoms with E-state index in [0.717, 1.165) is 12.1 Å². The average molecular weight is 308 g/mol. The maximum absolute atomic E-state index is 12.4. The third-order valence-corrected chi connectivity index (χ3v) is 2.59. The lowest BCUT2D eigenvalue weighted by molar-refractivity contribution is -0.141. The molecule has 0 radical (unpaired) electrons. The lowest BCUT2D eigenvalue weighted by Crippen LogP contribution is -2.08. The van der Waals surface area contributed by atoms with Crippen LogP contribution in [0.1, 0.15) is 5.69 Å². The summed E-state index contributed by atoms with van der Waals surface area (Å²) < 4.78 is 47.6. The Bertz CT molecular complexity index is 758. The zero-order valence-corrected chi connectivity index (χ0v) is 10.8. The highest BCUT2D eigenvalue weighted by molar-refractivity contribution is 5.55. The van der Waals surface area contributed by atoms with Crippen molar-refractivity contribution < 1.29 is 22.3 Å². The third kappa shape index (κ3) is 3.03. The first kappa shape index (κ1) is 14.0. The number of hydrogen-bond donors (Lipinski definition) is 0. The number of ether oxygens (including phenoxy) is 1. The summed E-state index contributed by atoms with van der Waals surface area (Å²) >= 11 is 0. The van der Waals surface area contributed by atoms with Gasteiger partial charge in [0.05, 0.1) is 0 Å². The van der Waals surface area contributed by atoms with Crippen LogP contribution in [-0.4, -0.2) is 20.4 Å². The van der Waals surface area contributed by atoms with Gasteiger partial charge in [-0.25, -0.2) is 0 Å². The van der Waals surface area contributed by atoms with Crippen LogP contribution >= 0.6 is 0 Å². The first-order valence-corrected chi connectivity index (χ1v) is 5.98. The van der Waals surface area contributed by atoms with Gasteiger partial charge >= 0.3 is 6.18 Å². The van der Waals surface area contributed by atoms with Crippen LogP contribution in [0, 0.1) is 0 Å². The normalized spacial score (nSPS) is 11.4. The minimum atomic E-state index is -4.54. The number of rotatable bonds is 3. The van der Waals surface area contributed by atoms with Gasteiger partial charge in [0, 0.05) is 11.6 Å². The van der Waals surface area contributed by atoms with Gasteiger partial charge in [-0.1, -0.05) is 6.07 Å². The zero-order valence-electron chi connectivity index (χ0n) is 10.8. The van der Waals surface area contributed by atoms with E-state index in [1.807, 2.05) is 0 Å². The van der Waals surface area contributed by atoms with E-state index in [-0.39, 0.29) is 5.88 Å². The molecule has 0 aliphatic heterocycles. The van der Waals surface area contributed by atoms with E-state index in [1.54, 1.807) is 24.3 Å². The molecule has 22 heavy (non-hydrogen) atoms. The van der Waals surface area contributed by atoms with Crippen LogP contribution < -0.4 is 4.74 Å². The van der Waals surface area contributed by atoms with E-state index in [0.29, 0.717) is 17.2 Å². The number of hydrogen-bond acceptors (Lipinski definition) is 6. The quantitative estimate of drug-likeness (QED) is 0.739. The number of alkyl halides is 3. The summed E-state index contributed by atoms with van der Waals surface area (Å²) in [4.78, 5) is 0. The molecule has 1 aromatic carbocycles. The van der Waals surface area contributed by atoms with Gasteiger partial charge in [-0.05, 0) is 24.3 Å². The Labute approximate surface area is 121 Å². The maximum Gasteiger partial charge on any atom is 0.435 e. The molecule has 0 saturated heterocycles. The van der Waals surface area contributed by atoms with E-state index in [1.165, 1.54) is 6.39 Å². The van der Waals surface area contributed by atoms with Crippen LogP contribution in [0.2, 0.25) is 0 Å². The molecule has 0 bridgehead atoms. The summed E-state index contributed by atoms with van der Waals surface area (Å²) in [5.74, 6) is 0.587. The Morgan fingerprint density at radius 3 is 2.50 bits per heavy atom. The fourth-order valence-electron chi connectivity index (χ4n) is 1.64. The number of aromatic nitrogens is 4. The summed E-state index contributed by atoms with van der Waals surface area (Å²) in [5.41, 5.74) is -0.477. The number of nitrogens with zero attached hydrogens (tertiary/aromatic N) is 4. The van der Waals surface area contributed by atoms with Crippen LogP contribution in [0.3, 0.4) is 0 Å². The molecule has 0 unspecified atom stereocenters. The lowest BCUT2D eigenvalue weighted by Gasteiger charge is -2.07. The standard InChI is InChI=1S/C13H7F3N4O2/c14-13(15,16)10-4-5-11(19-18-10)22-9-3-1-2-8(6-9)12-20-17-7-21-12/h1-7H. The molecule has 0 fully saturated rings. The minimum absolute atomic E-state index is 0.0596. The van der Waals surface area contributed by atoms with Crippen molar-refractivity contribution in [3.8, 4) is 23.1 Å². The molecule has 0 aliphatic rings. The predicted octanol–water partition coefficient (Wildman–Crippen LogP) is 3.34. The Balaban J connectivity index is 1.80.